The van der Waals surface area contributed by atoms with E-state index in [1.54, 1.807) is 11.9 Å². The van der Waals surface area contributed by atoms with E-state index >= 15 is 0 Å². The number of halogens is 2. The van der Waals surface area contributed by atoms with Crippen molar-refractivity contribution >= 4 is 17.3 Å². The normalized spacial score (nSPS) is 10.4. The van der Waals surface area contributed by atoms with Crippen molar-refractivity contribution in [3.8, 4) is 0 Å². The van der Waals surface area contributed by atoms with Crippen molar-refractivity contribution in [2.75, 3.05) is 17.4 Å². The van der Waals surface area contributed by atoms with Crippen molar-refractivity contribution in [3.05, 3.63) is 47.5 Å². The summed E-state index contributed by atoms with van der Waals surface area (Å²) in [5, 5.41) is 0. The summed E-state index contributed by atoms with van der Waals surface area (Å²) in [6.45, 7) is 1.90. The first kappa shape index (κ1) is 13.2. The van der Waals surface area contributed by atoms with Gasteiger partial charge in [-0.05, 0) is 18.6 Å². The number of aryl methyl sites for hydroxylation is 1. The van der Waals surface area contributed by atoms with Crippen molar-refractivity contribution < 1.29 is 8.78 Å². The van der Waals surface area contributed by atoms with Crippen molar-refractivity contribution in [1.29, 1.82) is 0 Å². The molecule has 2 rings (SSSR count). The van der Waals surface area contributed by atoms with Crippen LogP contribution in [0.1, 0.15) is 5.56 Å². The predicted octanol–water partition coefficient (Wildman–Crippen LogP) is 2.72. The molecule has 0 aliphatic rings. The molecule has 0 saturated carbocycles. The topological polar surface area (TPSA) is 54.2 Å². The third-order valence-electron chi connectivity index (χ3n) is 2.84. The first-order chi connectivity index (χ1) is 9.04. The van der Waals surface area contributed by atoms with Crippen LogP contribution in [0.4, 0.5) is 26.1 Å². The number of nitrogens with zero attached hydrogens (tertiary/aromatic N) is 2. The number of pyridine rings is 1. The molecule has 2 aromatic rings. The van der Waals surface area contributed by atoms with E-state index in [-0.39, 0.29) is 11.6 Å². The highest BCUT2D eigenvalue weighted by Gasteiger charge is 2.16. The largest absolute Gasteiger partial charge is 0.327 e. The quantitative estimate of drug-likeness (QED) is 0.661. The minimum absolute atomic E-state index is 0.00338. The Bertz CT molecular complexity index is 601. The van der Waals surface area contributed by atoms with Crippen LogP contribution in [0.25, 0.3) is 0 Å². The van der Waals surface area contributed by atoms with Gasteiger partial charge in [-0.15, -0.1) is 0 Å². The molecule has 19 heavy (non-hydrogen) atoms. The Kier molecular flexibility index (Phi) is 3.62. The highest BCUT2D eigenvalue weighted by atomic mass is 19.1. The molecule has 100 valence electrons. The van der Waals surface area contributed by atoms with Crippen LogP contribution in [0.5, 0.6) is 0 Å². The summed E-state index contributed by atoms with van der Waals surface area (Å²) in [7, 11) is 1.66. The maximum Gasteiger partial charge on any atom is 0.178 e. The summed E-state index contributed by atoms with van der Waals surface area (Å²) in [6.07, 6.45) is 0. The molecule has 0 fully saturated rings. The van der Waals surface area contributed by atoms with E-state index in [2.05, 4.69) is 10.4 Å². The summed E-state index contributed by atoms with van der Waals surface area (Å²) in [4.78, 5) is 5.39. The van der Waals surface area contributed by atoms with Gasteiger partial charge in [0.1, 0.15) is 0 Å². The number of para-hydroxylation sites is 1. The Morgan fingerprint density at radius 1 is 1.21 bits per heavy atom. The van der Waals surface area contributed by atoms with Gasteiger partial charge in [0.05, 0.1) is 0 Å². The Balaban J connectivity index is 2.50. The molecule has 6 heteroatoms. The lowest BCUT2D eigenvalue weighted by atomic mass is 10.2. The van der Waals surface area contributed by atoms with Crippen LogP contribution in [0, 0.1) is 18.6 Å². The molecule has 1 heterocycles. The van der Waals surface area contributed by atoms with Gasteiger partial charge in [-0.1, -0.05) is 18.2 Å². The van der Waals surface area contributed by atoms with Crippen molar-refractivity contribution in [2.24, 2.45) is 5.84 Å². The molecule has 0 spiro atoms. The van der Waals surface area contributed by atoms with Gasteiger partial charge in [-0.2, -0.15) is 0 Å². The molecule has 0 unspecified atom stereocenters. The fraction of sp³-hybridized carbons (Fsp3) is 0.154. The number of nitrogens with one attached hydrogen (secondary N) is 1. The second-order valence-corrected chi connectivity index (χ2v) is 4.11. The van der Waals surface area contributed by atoms with Crippen LogP contribution >= 0.6 is 0 Å². The Hall–Kier alpha value is -2.21. The van der Waals surface area contributed by atoms with Gasteiger partial charge >= 0.3 is 0 Å². The van der Waals surface area contributed by atoms with E-state index in [0.29, 0.717) is 0 Å². The van der Waals surface area contributed by atoms with E-state index in [1.165, 1.54) is 0 Å². The van der Waals surface area contributed by atoms with Gasteiger partial charge in [-0.3, -0.25) is 0 Å². The van der Waals surface area contributed by atoms with E-state index in [4.69, 9.17) is 5.84 Å². The Morgan fingerprint density at radius 2 is 1.89 bits per heavy atom. The molecular weight excluding hydrogens is 250 g/mol. The molecule has 0 amide bonds. The molecule has 0 atom stereocenters. The summed E-state index contributed by atoms with van der Waals surface area (Å²) in [6, 6.07) is 8.20. The van der Waals surface area contributed by atoms with Crippen LogP contribution in [-0.4, -0.2) is 12.0 Å². The fourth-order valence-electron chi connectivity index (χ4n) is 1.85. The smallest absolute Gasteiger partial charge is 0.178 e. The number of hydrogen-bond donors (Lipinski definition) is 2. The van der Waals surface area contributed by atoms with Crippen LogP contribution in [-0.2, 0) is 0 Å². The van der Waals surface area contributed by atoms with Crippen molar-refractivity contribution in [3.63, 3.8) is 0 Å². The highest BCUT2D eigenvalue weighted by Crippen LogP contribution is 2.28. The molecule has 0 bridgehead atoms. The first-order valence-corrected chi connectivity index (χ1v) is 5.66. The van der Waals surface area contributed by atoms with Gasteiger partial charge in [0.25, 0.3) is 0 Å². The molecule has 3 N–H and O–H groups in total. The first-order valence-electron chi connectivity index (χ1n) is 5.66. The number of rotatable bonds is 3. The maximum atomic E-state index is 13.8. The molecule has 4 nitrogen and oxygen atoms in total. The van der Waals surface area contributed by atoms with Crippen LogP contribution in [0.15, 0.2) is 30.3 Å². The third kappa shape index (κ3) is 2.48. The number of nitrogen functional groups attached to an aromatic ring is 1. The molecule has 0 aliphatic carbocycles. The molecule has 1 aromatic heterocycles. The summed E-state index contributed by atoms with van der Waals surface area (Å²) < 4.78 is 27.1. The lowest BCUT2D eigenvalue weighted by molar-refractivity contribution is 0.576. The highest BCUT2D eigenvalue weighted by molar-refractivity contribution is 5.64. The lowest BCUT2D eigenvalue weighted by Crippen LogP contribution is -2.18. The third-order valence-corrected chi connectivity index (χ3v) is 2.84. The fourth-order valence-corrected chi connectivity index (χ4v) is 1.85. The monoisotopic (exact) mass is 264 g/mol. The van der Waals surface area contributed by atoms with Crippen LogP contribution in [0.2, 0.25) is 0 Å². The Morgan fingerprint density at radius 3 is 2.53 bits per heavy atom. The number of hydrogen-bond acceptors (Lipinski definition) is 4. The van der Waals surface area contributed by atoms with Gasteiger partial charge in [-0.25, -0.2) is 19.6 Å². The zero-order valence-corrected chi connectivity index (χ0v) is 10.6. The minimum Gasteiger partial charge on any atom is -0.327 e. The number of anilines is 3. The summed E-state index contributed by atoms with van der Waals surface area (Å²) in [5.41, 5.74) is 3.84. The van der Waals surface area contributed by atoms with E-state index < -0.39 is 11.6 Å². The molecule has 0 radical (unpaired) electrons. The molecule has 1 aromatic carbocycles. The number of benzene rings is 1. The van der Waals surface area contributed by atoms with Gasteiger partial charge in [0, 0.05) is 18.8 Å². The summed E-state index contributed by atoms with van der Waals surface area (Å²) >= 11 is 0. The molecule has 0 aliphatic heterocycles. The average molecular weight is 264 g/mol. The van der Waals surface area contributed by atoms with Crippen molar-refractivity contribution in [1.82, 2.24) is 4.98 Å². The number of aromatic nitrogens is 1. The summed E-state index contributed by atoms with van der Waals surface area (Å²) in [5.74, 6) is 3.37. The minimum atomic E-state index is -0.832. The van der Waals surface area contributed by atoms with Crippen LogP contribution < -0.4 is 16.2 Å². The SMILES string of the molecule is Cc1ccccc1N(C)c1nc(NN)c(F)cc1F. The standard InChI is InChI=1S/C13H14F2N4/c1-8-5-3-4-6-11(8)19(2)13-10(15)7-9(14)12(17-13)18-16/h3-7H,16H2,1-2H3,(H,17,18). The molecule has 0 saturated heterocycles. The zero-order valence-electron chi connectivity index (χ0n) is 10.6. The number of hydrazine groups is 1. The van der Waals surface area contributed by atoms with Crippen molar-refractivity contribution in [2.45, 2.75) is 6.92 Å². The van der Waals surface area contributed by atoms with Gasteiger partial charge in [0.15, 0.2) is 23.3 Å². The van der Waals surface area contributed by atoms with Crippen LogP contribution in [0.3, 0.4) is 0 Å². The average Bonchev–Trinajstić information content (AvgIpc) is 2.39. The zero-order chi connectivity index (χ0) is 14.0. The second-order valence-electron chi connectivity index (χ2n) is 4.11. The predicted molar refractivity (Wildman–Crippen MR) is 71.2 cm³/mol. The Labute approximate surface area is 109 Å². The van der Waals surface area contributed by atoms with E-state index in [1.807, 2.05) is 31.2 Å². The van der Waals surface area contributed by atoms with Gasteiger partial charge < -0.3 is 10.3 Å². The van der Waals surface area contributed by atoms with E-state index in [9.17, 15) is 8.78 Å². The second kappa shape index (κ2) is 5.19. The maximum absolute atomic E-state index is 13.8. The van der Waals surface area contributed by atoms with Gasteiger partial charge in [0.2, 0.25) is 0 Å². The lowest BCUT2D eigenvalue weighted by Gasteiger charge is -2.21. The van der Waals surface area contributed by atoms with E-state index in [0.717, 1.165) is 17.3 Å². The number of nitrogens with two attached hydrogens (primary N) is 1. The molecular formula is C13H14F2N4.